The molecule has 0 bridgehead atoms. The molecule has 0 saturated carbocycles. The van der Waals surface area contributed by atoms with E-state index in [-0.39, 0.29) is 13.1 Å². The first-order valence-corrected chi connectivity index (χ1v) is 7.91. The molecule has 1 aliphatic heterocycles. The van der Waals surface area contributed by atoms with E-state index in [2.05, 4.69) is 0 Å². The van der Waals surface area contributed by atoms with Crippen LogP contribution in [0.3, 0.4) is 0 Å². The second-order valence-corrected chi connectivity index (χ2v) is 6.88. The van der Waals surface area contributed by atoms with E-state index in [9.17, 15) is 23.1 Å². The number of rotatable bonds is 6. The molecule has 0 aromatic heterocycles. The van der Waals surface area contributed by atoms with Crippen molar-refractivity contribution in [2.45, 2.75) is 44.6 Å². The van der Waals surface area contributed by atoms with Crippen molar-refractivity contribution in [3.05, 3.63) is 35.9 Å². The average molecular weight is 344 g/mol. The molecule has 1 aromatic rings. The minimum Gasteiger partial charge on any atom is -0.389 e. The van der Waals surface area contributed by atoms with E-state index in [4.69, 9.17) is 0 Å². The Labute approximate surface area is 139 Å². The van der Waals surface area contributed by atoms with Gasteiger partial charge in [0.1, 0.15) is 6.54 Å². The third-order valence-corrected chi connectivity index (χ3v) is 3.90. The summed E-state index contributed by atoms with van der Waals surface area (Å²) in [5, 5.41) is 10.1. The molecule has 134 valence electrons. The summed E-state index contributed by atoms with van der Waals surface area (Å²) in [6.45, 7) is 2.72. The number of halogens is 3. The number of amides is 1. The molecular formula is C17H23F3N2O2. The maximum atomic E-state index is 12.6. The SMILES string of the molecule is CC(C)(O)CN(Cc1ccccc1)C1CCN(CC(F)(F)F)C1=O. The monoisotopic (exact) mass is 344 g/mol. The quantitative estimate of drug-likeness (QED) is 0.862. The van der Waals surface area contributed by atoms with Crippen LogP contribution >= 0.6 is 0 Å². The van der Waals surface area contributed by atoms with Crippen molar-refractivity contribution < 1.29 is 23.1 Å². The summed E-state index contributed by atoms with van der Waals surface area (Å²) in [6.07, 6.45) is -4.07. The second kappa shape index (κ2) is 7.11. The fraction of sp³-hybridized carbons (Fsp3) is 0.588. The summed E-state index contributed by atoms with van der Waals surface area (Å²) in [7, 11) is 0. The van der Waals surface area contributed by atoms with Gasteiger partial charge in [-0.15, -0.1) is 0 Å². The number of hydrogen-bond acceptors (Lipinski definition) is 3. The molecule has 24 heavy (non-hydrogen) atoms. The first-order chi connectivity index (χ1) is 11.1. The lowest BCUT2D eigenvalue weighted by Crippen LogP contribution is -2.48. The zero-order chi connectivity index (χ0) is 18.0. The van der Waals surface area contributed by atoms with Gasteiger partial charge >= 0.3 is 6.18 Å². The number of alkyl halides is 3. The maximum absolute atomic E-state index is 12.6. The Bertz CT molecular complexity index is 555. The average Bonchev–Trinajstić information content (AvgIpc) is 2.77. The van der Waals surface area contributed by atoms with Crippen LogP contribution in [0.15, 0.2) is 30.3 Å². The third-order valence-electron chi connectivity index (χ3n) is 3.90. The summed E-state index contributed by atoms with van der Waals surface area (Å²) in [4.78, 5) is 15.0. The molecule has 1 fully saturated rings. The van der Waals surface area contributed by atoms with E-state index in [1.54, 1.807) is 18.7 Å². The lowest BCUT2D eigenvalue weighted by molar-refractivity contribution is -0.159. The predicted molar refractivity (Wildman–Crippen MR) is 84.2 cm³/mol. The zero-order valence-corrected chi connectivity index (χ0v) is 13.9. The van der Waals surface area contributed by atoms with Crippen LogP contribution in [0.4, 0.5) is 13.2 Å². The molecule has 1 atom stereocenters. The largest absolute Gasteiger partial charge is 0.406 e. The Morgan fingerprint density at radius 2 is 1.88 bits per heavy atom. The molecule has 0 spiro atoms. The van der Waals surface area contributed by atoms with Crippen LogP contribution in [0.25, 0.3) is 0 Å². The van der Waals surface area contributed by atoms with Crippen molar-refractivity contribution in [1.82, 2.24) is 9.80 Å². The number of aliphatic hydroxyl groups is 1. The van der Waals surface area contributed by atoms with Crippen LogP contribution in [0.5, 0.6) is 0 Å². The third kappa shape index (κ3) is 5.49. The van der Waals surface area contributed by atoms with Gasteiger partial charge in [0.2, 0.25) is 5.91 Å². The summed E-state index contributed by atoms with van der Waals surface area (Å²) in [6, 6.07) is 8.75. The molecule has 7 heteroatoms. The highest BCUT2D eigenvalue weighted by Gasteiger charge is 2.42. The normalized spacial score (nSPS) is 19.4. The number of benzene rings is 1. The van der Waals surface area contributed by atoms with E-state index < -0.39 is 30.3 Å². The molecule has 1 aliphatic rings. The van der Waals surface area contributed by atoms with E-state index >= 15 is 0 Å². The van der Waals surface area contributed by atoms with Crippen molar-refractivity contribution in [3.63, 3.8) is 0 Å². The van der Waals surface area contributed by atoms with Crippen molar-refractivity contribution in [1.29, 1.82) is 0 Å². The fourth-order valence-corrected chi connectivity index (χ4v) is 3.03. The Morgan fingerprint density at radius 1 is 1.25 bits per heavy atom. The number of likely N-dealkylation sites (tertiary alicyclic amines) is 1. The van der Waals surface area contributed by atoms with Crippen LogP contribution in [-0.2, 0) is 11.3 Å². The van der Waals surface area contributed by atoms with Gasteiger partial charge in [0.15, 0.2) is 0 Å². The molecule has 1 unspecified atom stereocenters. The zero-order valence-electron chi connectivity index (χ0n) is 13.9. The van der Waals surface area contributed by atoms with Crippen molar-refractivity contribution in [3.8, 4) is 0 Å². The predicted octanol–water partition coefficient (Wildman–Crippen LogP) is 2.42. The summed E-state index contributed by atoms with van der Waals surface area (Å²) in [5.41, 5.74) is -0.101. The topological polar surface area (TPSA) is 43.8 Å². The molecule has 0 radical (unpaired) electrons. The smallest absolute Gasteiger partial charge is 0.389 e. The lowest BCUT2D eigenvalue weighted by atomic mass is 10.1. The molecule has 1 heterocycles. The molecular weight excluding hydrogens is 321 g/mol. The van der Waals surface area contributed by atoms with Gasteiger partial charge < -0.3 is 10.0 Å². The van der Waals surface area contributed by atoms with Gasteiger partial charge in [0.05, 0.1) is 11.6 Å². The van der Waals surface area contributed by atoms with Crippen LogP contribution in [0.2, 0.25) is 0 Å². The first kappa shape index (κ1) is 18.7. The van der Waals surface area contributed by atoms with E-state index in [1.165, 1.54) is 0 Å². The number of nitrogens with zero attached hydrogens (tertiary/aromatic N) is 2. The summed E-state index contributed by atoms with van der Waals surface area (Å²) < 4.78 is 37.7. The van der Waals surface area contributed by atoms with Gasteiger partial charge in [-0.2, -0.15) is 13.2 Å². The van der Waals surface area contributed by atoms with E-state index in [0.29, 0.717) is 13.0 Å². The molecule has 1 amide bonds. The molecule has 1 aromatic carbocycles. The van der Waals surface area contributed by atoms with Gasteiger partial charge in [0.25, 0.3) is 0 Å². The lowest BCUT2D eigenvalue weighted by Gasteiger charge is -2.33. The van der Waals surface area contributed by atoms with Crippen molar-refractivity contribution in [2.24, 2.45) is 0 Å². The van der Waals surface area contributed by atoms with Crippen LogP contribution in [0.1, 0.15) is 25.8 Å². The molecule has 4 nitrogen and oxygen atoms in total. The number of carbonyl (C=O) groups excluding carboxylic acids is 1. The Morgan fingerprint density at radius 3 is 2.42 bits per heavy atom. The standard InChI is InChI=1S/C17H23F3N2O2/c1-16(2,24)11-22(10-13-6-4-3-5-7-13)14-8-9-21(15(14)23)12-17(18,19)20/h3-7,14,24H,8-12H2,1-2H3. The highest BCUT2D eigenvalue weighted by molar-refractivity contribution is 5.84. The molecule has 0 aliphatic carbocycles. The van der Waals surface area contributed by atoms with E-state index in [1.807, 2.05) is 30.3 Å². The fourth-order valence-electron chi connectivity index (χ4n) is 3.03. The van der Waals surface area contributed by atoms with Gasteiger partial charge in [-0.05, 0) is 25.8 Å². The van der Waals surface area contributed by atoms with Crippen LogP contribution < -0.4 is 0 Å². The summed E-state index contributed by atoms with van der Waals surface area (Å²) >= 11 is 0. The highest BCUT2D eigenvalue weighted by atomic mass is 19.4. The Hall–Kier alpha value is -1.60. The number of carbonyl (C=O) groups is 1. The van der Waals surface area contributed by atoms with Crippen molar-refractivity contribution >= 4 is 5.91 Å². The number of hydrogen-bond donors (Lipinski definition) is 1. The minimum atomic E-state index is -4.40. The van der Waals surface area contributed by atoms with Gasteiger partial charge in [-0.25, -0.2) is 0 Å². The van der Waals surface area contributed by atoms with Gasteiger partial charge in [0, 0.05) is 19.6 Å². The van der Waals surface area contributed by atoms with Crippen LogP contribution in [-0.4, -0.2) is 58.3 Å². The maximum Gasteiger partial charge on any atom is 0.406 e. The minimum absolute atomic E-state index is 0.0835. The second-order valence-electron chi connectivity index (χ2n) is 6.88. The molecule has 1 saturated heterocycles. The molecule has 1 N–H and O–H groups in total. The van der Waals surface area contributed by atoms with Gasteiger partial charge in [-0.3, -0.25) is 9.69 Å². The van der Waals surface area contributed by atoms with Gasteiger partial charge in [-0.1, -0.05) is 30.3 Å². The van der Waals surface area contributed by atoms with E-state index in [0.717, 1.165) is 10.5 Å². The van der Waals surface area contributed by atoms with Crippen LogP contribution in [0, 0.1) is 0 Å². The Balaban J connectivity index is 2.13. The highest BCUT2D eigenvalue weighted by Crippen LogP contribution is 2.25. The molecule has 2 rings (SSSR count). The Kier molecular flexibility index (Phi) is 5.55. The first-order valence-electron chi connectivity index (χ1n) is 7.91. The summed E-state index contributed by atoms with van der Waals surface area (Å²) in [5.74, 6) is -0.521. The van der Waals surface area contributed by atoms with Crippen molar-refractivity contribution in [2.75, 3.05) is 19.6 Å².